The topological polar surface area (TPSA) is 0 Å². The summed E-state index contributed by atoms with van der Waals surface area (Å²) < 4.78 is 0. The number of hydrogen-bond donors (Lipinski definition) is 0. The fourth-order valence-electron chi connectivity index (χ4n) is 3.75. The maximum atomic E-state index is 2.46. The summed E-state index contributed by atoms with van der Waals surface area (Å²) >= 11 is 0. The molecular formula is C25H50. The van der Waals surface area contributed by atoms with Gasteiger partial charge in [0.25, 0.3) is 0 Å². The smallest absolute Gasteiger partial charge is 0.0348 e. The van der Waals surface area contributed by atoms with E-state index in [0.29, 0.717) is 0 Å². The van der Waals surface area contributed by atoms with Gasteiger partial charge >= 0.3 is 0 Å². The van der Waals surface area contributed by atoms with E-state index in [1.54, 1.807) is 0 Å². The Bertz CT molecular complexity index is 237. The van der Waals surface area contributed by atoms with Gasteiger partial charge in [0, 0.05) is 0 Å². The summed E-state index contributed by atoms with van der Waals surface area (Å²) in [5.74, 6) is 0.994. The van der Waals surface area contributed by atoms with E-state index in [4.69, 9.17) is 0 Å². The van der Waals surface area contributed by atoms with Crippen LogP contribution in [-0.4, -0.2) is 0 Å². The minimum absolute atomic E-state index is 0.994. The Morgan fingerprint density at radius 1 is 0.440 bits per heavy atom. The number of allylic oxidation sites excluding steroid dienone is 2. The molecule has 0 aliphatic carbocycles. The lowest BCUT2D eigenvalue weighted by atomic mass is 9.90. The quantitative estimate of drug-likeness (QED) is 0.151. The van der Waals surface area contributed by atoms with Crippen LogP contribution in [0.3, 0.4) is 0 Å². The first-order chi connectivity index (χ1) is 12.3. The molecule has 0 saturated heterocycles. The van der Waals surface area contributed by atoms with Crippen molar-refractivity contribution < 1.29 is 0 Å². The first-order valence-electron chi connectivity index (χ1n) is 12.0. The number of unbranched alkanes of at least 4 members (excludes halogenated alkanes) is 12. The van der Waals surface area contributed by atoms with Gasteiger partial charge in [-0.3, -0.25) is 0 Å². The van der Waals surface area contributed by atoms with Gasteiger partial charge in [0.2, 0.25) is 0 Å². The molecule has 25 heavy (non-hydrogen) atoms. The lowest BCUT2D eigenvalue weighted by Crippen LogP contribution is -2.01. The third-order valence-corrected chi connectivity index (χ3v) is 5.56. The van der Waals surface area contributed by atoms with Gasteiger partial charge in [0.15, 0.2) is 0 Å². The Morgan fingerprint density at radius 2 is 0.880 bits per heavy atom. The zero-order valence-corrected chi connectivity index (χ0v) is 18.2. The summed E-state index contributed by atoms with van der Waals surface area (Å²) in [5, 5.41) is 0. The highest BCUT2D eigenvalue weighted by molar-refractivity contribution is 4.82. The molecule has 0 unspecified atom stereocenters. The Hall–Kier alpha value is -0.260. The van der Waals surface area contributed by atoms with Crippen molar-refractivity contribution in [2.75, 3.05) is 0 Å². The fourth-order valence-corrected chi connectivity index (χ4v) is 3.75. The van der Waals surface area contributed by atoms with Crippen molar-refractivity contribution in [1.82, 2.24) is 0 Å². The van der Waals surface area contributed by atoms with Crippen molar-refractivity contribution in [2.24, 2.45) is 5.92 Å². The maximum Gasteiger partial charge on any atom is -0.0348 e. The Labute approximate surface area is 161 Å². The van der Waals surface area contributed by atoms with Crippen LogP contribution in [0.4, 0.5) is 0 Å². The summed E-state index contributed by atoms with van der Waals surface area (Å²) in [4.78, 5) is 0. The molecule has 0 nitrogen and oxygen atoms in total. The molecule has 0 bridgehead atoms. The lowest BCUT2D eigenvalue weighted by Gasteiger charge is -2.16. The summed E-state index contributed by atoms with van der Waals surface area (Å²) in [6.45, 7) is 6.90. The molecule has 0 aromatic carbocycles. The fraction of sp³-hybridized carbons (Fsp3) is 0.920. The van der Waals surface area contributed by atoms with E-state index in [-0.39, 0.29) is 0 Å². The van der Waals surface area contributed by atoms with Crippen molar-refractivity contribution >= 4 is 0 Å². The first-order valence-corrected chi connectivity index (χ1v) is 12.0. The van der Waals surface area contributed by atoms with Crippen LogP contribution in [0.25, 0.3) is 0 Å². The molecule has 0 N–H and O–H groups in total. The van der Waals surface area contributed by atoms with E-state index in [9.17, 15) is 0 Å². The van der Waals surface area contributed by atoms with Crippen LogP contribution in [0.5, 0.6) is 0 Å². The lowest BCUT2D eigenvalue weighted by molar-refractivity contribution is 0.382. The average molecular weight is 351 g/mol. The van der Waals surface area contributed by atoms with Crippen LogP contribution in [0, 0.1) is 5.92 Å². The van der Waals surface area contributed by atoms with E-state index in [1.807, 2.05) is 0 Å². The molecule has 0 atom stereocenters. The van der Waals surface area contributed by atoms with E-state index < -0.39 is 0 Å². The van der Waals surface area contributed by atoms with E-state index >= 15 is 0 Å². The molecule has 0 heterocycles. The largest absolute Gasteiger partial charge is 0.0885 e. The molecule has 0 aromatic heterocycles. The molecular weight excluding hydrogens is 300 g/mol. The van der Waals surface area contributed by atoms with Gasteiger partial charge in [-0.2, -0.15) is 0 Å². The van der Waals surface area contributed by atoms with Gasteiger partial charge in [-0.05, 0) is 25.2 Å². The molecule has 0 aliphatic heterocycles. The predicted octanol–water partition coefficient (Wildman–Crippen LogP) is 9.63. The summed E-state index contributed by atoms with van der Waals surface area (Å²) in [7, 11) is 0. The van der Waals surface area contributed by atoms with Crippen LogP contribution in [0.2, 0.25) is 0 Å². The van der Waals surface area contributed by atoms with Gasteiger partial charge < -0.3 is 0 Å². The van der Waals surface area contributed by atoms with Crippen LogP contribution in [0.1, 0.15) is 143 Å². The average Bonchev–Trinajstić information content (AvgIpc) is 2.63. The monoisotopic (exact) mass is 350 g/mol. The highest BCUT2D eigenvalue weighted by atomic mass is 14.1. The maximum absolute atomic E-state index is 2.46. The Morgan fingerprint density at radius 3 is 1.40 bits per heavy atom. The van der Waals surface area contributed by atoms with Gasteiger partial charge in [0.05, 0.1) is 0 Å². The van der Waals surface area contributed by atoms with Crippen LogP contribution in [-0.2, 0) is 0 Å². The third kappa shape index (κ3) is 19.9. The highest BCUT2D eigenvalue weighted by Gasteiger charge is 2.07. The zero-order valence-electron chi connectivity index (χ0n) is 18.2. The molecule has 0 amide bonds. The minimum Gasteiger partial charge on any atom is -0.0885 e. The molecule has 0 radical (unpaired) electrons. The SMILES string of the molecule is CCCCC=CCCC(CCCCCCCC)CCCCCCCC. The second-order valence-electron chi connectivity index (χ2n) is 8.17. The molecule has 0 aliphatic rings. The zero-order chi connectivity index (χ0) is 18.4. The van der Waals surface area contributed by atoms with E-state index in [2.05, 4.69) is 32.9 Å². The molecule has 0 heteroatoms. The second kappa shape index (κ2) is 21.8. The molecule has 0 saturated carbocycles. The second-order valence-corrected chi connectivity index (χ2v) is 8.17. The third-order valence-electron chi connectivity index (χ3n) is 5.56. The van der Waals surface area contributed by atoms with Gasteiger partial charge in [-0.1, -0.05) is 136 Å². The van der Waals surface area contributed by atoms with Crippen molar-refractivity contribution in [1.29, 1.82) is 0 Å². The predicted molar refractivity (Wildman–Crippen MR) is 117 cm³/mol. The Balaban J connectivity index is 3.85. The Kier molecular flexibility index (Phi) is 21.6. The van der Waals surface area contributed by atoms with Crippen molar-refractivity contribution in [3.8, 4) is 0 Å². The highest BCUT2D eigenvalue weighted by Crippen LogP contribution is 2.23. The van der Waals surface area contributed by atoms with Gasteiger partial charge in [-0.15, -0.1) is 0 Å². The summed E-state index contributed by atoms with van der Waals surface area (Å²) in [6, 6.07) is 0. The van der Waals surface area contributed by atoms with Crippen molar-refractivity contribution in [3.05, 3.63) is 12.2 Å². The van der Waals surface area contributed by atoms with E-state index in [1.165, 1.54) is 122 Å². The van der Waals surface area contributed by atoms with Gasteiger partial charge in [0.1, 0.15) is 0 Å². The molecule has 150 valence electrons. The van der Waals surface area contributed by atoms with Crippen LogP contribution >= 0.6 is 0 Å². The summed E-state index contributed by atoms with van der Waals surface area (Å²) in [6.07, 6.45) is 31.9. The van der Waals surface area contributed by atoms with E-state index in [0.717, 1.165) is 5.92 Å². The number of rotatable bonds is 20. The number of hydrogen-bond acceptors (Lipinski definition) is 0. The van der Waals surface area contributed by atoms with Crippen molar-refractivity contribution in [3.63, 3.8) is 0 Å². The van der Waals surface area contributed by atoms with Crippen molar-refractivity contribution in [2.45, 2.75) is 143 Å². The minimum atomic E-state index is 0.994. The van der Waals surface area contributed by atoms with Crippen LogP contribution < -0.4 is 0 Å². The molecule has 0 aromatic rings. The van der Waals surface area contributed by atoms with Gasteiger partial charge in [-0.25, -0.2) is 0 Å². The molecule has 0 fully saturated rings. The standard InChI is InChI=1S/C25H50/c1-4-7-10-13-16-19-22-25(23-20-17-14-11-8-5-2)24-21-18-15-12-9-6-3/h13,16,25H,4-12,14-15,17-24H2,1-3H3. The molecule has 0 rings (SSSR count). The summed E-state index contributed by atoms with van der Waals surface area (Å²) in [5.41, 5.74) is 0. The molecule has 0 spiro atoms. The van der Waals surface area contributed by atoms with Crippen LogP contribution in [0.15, 0.2) is 12.2 Å². The normalized spacial score (nSPS) is 11.8. The first kappa shape index (κ1) is 24.7.